The van der Waals surface area contributed by atoms with E-state index in [1.54, 1.807) is 24.3 Å². The molecule has 2 heterocycles. The van der Waals surface area contributed by atoms with Crippen LogP contribution < -0.4 is 10.1 Å². The second-order valence-electron chi connectivity index (χ2n) is 4.73. The van der Waals surface area contributed by atoms with Crippen LogP contribution >= 0.6 is 0 Å². The third kappa shape index (κ3) is 3.32. The second kappa shape index (κ2) is 6.13. The maximum atomic E-state index is 11.8. The number of hydrogen-bond acceptors (Lipinski definition) is 4. The number of benzene rings is 1. The van der Waals surface area contributed by atoms with Gasteiger partial charge in [0.25, 0.3) is 5.91 Å². The Bertz CT molecular complexity index is 748. The quantitative estimate of drug-likeness (QED) is 0.789. The molecule has 110 valence electrons. The minimum Gasteiger partial charge on any atom is -0.459 e. The lowest BCUT2D eigenvalue weighted by atomic mass is 10.2. The third-order valence-electron chi connectivity index (χ3n) is 2.98. The van der Waals surface area contributed by atoms with E-state index in [1.807, 2.05) is 31.2 Å². The fraction of sp³-hybridized carbons (Fsp3) is 0.0588. The van der Waals surface area contributed by atoms with Gasteiger partial charge < -0.3 is 14.5 Å². The molecule has 0 radical (unpaired) electrons. The normalized spacial score (nSPS) is 10.2. The van der Waals surface area contributed by atoms with Gasteiger partial charge in [0, 0.05) is 6.07 Å². The van der Waals surface area contributed by atoms with E-state index in [9.17, 15) is 4.79 Å². The van der Waals surface area contributed by atoms with Crippen molar-refractivity contribution < 1.29 is 13.9 Å². The van der Waals surface area contributed by atoms with Gasteiger partial charge in [-0.15, -0.1) is 0 Å². The Labute approximate surface area is 127 Å². The fourth-order valence-electron chi connectivity index (χ4n) is 1.84. The maximum absolute atomic E-state index is 11.8. The van der Waals surface area contributed by atoms with Gasteiger partial charge in [0.1, 0.15) is 5.75 Å². The Morgan fingerprint density at radius 3 is 2.59 bits per heavy atom. The number of rotatable bonds is 4. The molecule has 22 heavy (non-hydrogen) atoms. The topological polar surface area (TPSA) is 64.4 Å². The predicted molar refractivity (Wildman–Crippen MR) is 82.2 cm³/mol. The van der Waals surface area contributed by atoms with E-state index < -0.39 is 0 Å². The molecule has 1 N–H and O–H groups in total. The Morgan fingerprint density at radius 1 is 1.14 bits per heavy atom. The highest BCUT2D eigenvalue weighted by Gasteiger charge is 2.09. The van der Waals surface area contributed by atoms with Gasteiger partial charge in [-0.1, -0.05) is 17.7 Å². The summed E-state index contributed by atoms with van der Waals surface area (Å²) < 4.78 is 10.6. The van der Waals surface area contributed by atoms with Crippen molar-refractivity contribution in [1.29, 1.82) is 0 Å². The molecule has 0 saturated carbocycles. The van der Waals surface area contributed by atoms with E-state index in [0.29, 0.717) is 17.3 Å². The summed E-state index contributed by atoms with van der Waals surface area (Å²) in [5.41, 5.74) is 1.73. The highest BCUT2D eigenvalue weighted by atomic mass is 16.5. The molecule has 3 rings (SSSR count). The van der Waals surface area contributed by atoms with E-state index in [1.165, 1.54) is 12.5 Å². The van der Waals surface area contributed by atoms with Gasteiger partial charge in [-0.05, 0) is 37.3 Å². The first-order valence-corrected chi connectivity index (χ1v) is 6.76. The lowest BCUT2D eigenvalue weighted by Gasteiger charge is -2.06. The zero-order valence-electron chi connectivity index (χ0n) is 11.9. The minimum absolute atomic E-state index is 0.250. The van der Waals surface area contributed by atoms with Gasteiger partial charge in [0.15, 0.2) is 5.76 Å². The van der Waals surface area contributed by atoms with Crippen LogP contribution in [0.4, 0.5) is 5.69 Å². The summed E-state index contributed by atoms with van der Waals surface area (Å²) in [6.45, 7) is 2.01. The van der Waals surface area contributed by atoms with Crippen molar-refractivity contribution in [3.05, 3.63) is 72.3 Å². The molecule has 0 saturated heterocycles. The zero-order valence-corrected chi connectivity index (χ0v) is 11.9. The lowest BCUT2D eigenvalue weighted by molar-refractivity contribution is 0.0996. The van der Waals surface area contributed by atoms with Crippen LogP contribution in [0.5, 0.6) is 11.6 Å². The summed E-state index contributed by atoms with van der Waals surface area (Å²) in [6.07, 6.45) is 2.98. The summed E-state index contributed by atoms with van der Waals surface area (Å²) in [5.74, 6) is 1.10. The number of ether oxygens (including phenoxy) is 1. The lowest BCUT2D eigenvalue weighted by Crippen LogP contribution is -2.10. The van der Waals surface area contributed by atoms with E-state index in [0.717, 1.165) is 5.56 Å². The summed E-state index contributed by atoms with van der Waals surface area (Å²) in [4.78, 5) is 16.0. The summed E-state index contributed by atoms with van der Waals surface area (Å²) in [6, 6.07) is 14.4. The minimum atomic E-state index is -0.320. The molecule has 0 aliphatic heterocycles. The number of pyridine rings is 1. The predicted octanol–water partition coefficient (Wildman–Crippen LogP) is 4.03. The van der Waals surface area contributed by atoms with Crippen LogP contribution in [-0.4, -0.2) is 10.9 Å². The van der Waals surface area contributed by atoms with Crippen molar-refractivity contribution in [1.82, 2.24) is 4.98 Å². The molecular weight excluding hydrogens is 280 g/mol. The Morgan fingerprint density at radius 2 is 1.95 bits per heavy atom. The van der Waals surface area contributed by atoms with Gasteiger partial charge in [0.05, 0.1) is 18.1 Å². The number of nitrogens with zero attached hydrogens (tertiary/aromatic N) is 1. The number of aromatic nitrogens is 1. The molecule has 0 atom stereocenters. The number of amides is 1. The van der Waals surface area contributed by atoms with Gasteiger partial charge in [0.2, 0.25) is 5.88 Å². The van der Waals surface area contributed by atoms with Crippen molar-refractivity contribution >= 4 is 11.6 Å². The maximum Gasteiger partial charge on any atom is 0.291 e. The van der Waals surface area contributed by atoms with Crippen LogP contribution in [0.15, 0.2) is 65.4 Å². The Kier molecular flexibility index (Phi) is 3.87. The monoisotopic (exact) mass is 294 g/mol. The van der Waals surface area contributed by atoms with E-state index in [2.05, 4.69) is 10.3 Å². The highest BCUT2D eigenvalue weighted by molar-refractivity contribution is 6.02. The molecule has 2 aromatic heterocycles. The number of furan rings is 1. The largest absolute Gasteiger partial charge is 0.459 e. The number of hydrogen-bond donors (Lipinski definition) is 1. The molecule has 0 aliphatic carbocycles. The zero-order chi connectivity index (χ0) is 15.4. The standard InChI is InChI=1S/C17H14N2O3/c1-12-4-7-14(8-5-12)22-16-9-6-13(11-18-16)19-17(20)15-3-2-10-21-15/h2-11H,1H3,(H,19,20). The fourth-order valence-corrected chi connectivity index (χ4v) is 1.84. The SMILES string of the molecule is Cc1ccc(Oc2ccc(NC(=O)c3ccco3)cn2)cc1. The average Bonchev–Trinajstić information content (AvgIpc) is 3.06. The number of carbonyl (C=O) groups is 1. The Hall–Kier alpha value is -3.08. The van der Waals surface area contributed by atoms with Crippen LogP contribution in [0.2, 0.25) is 0 Å². The smallest absolute Gasteiger partial charge is 0.291 e. The molecule has 0 unspecified atom stereocenters. The van der Waals surface area contributed by atoms with Crippen LogP contribution in [0, 0.1) is 6.92 Å². The molecule has 3 aromatic rings. The molecule has 0 spiro atoms. The second-order valence-corrected chi connectivity index (χ2v) is 4.73. The van der Waals surface area contributed by atoms with Crippen molar-refractivity contribution in [2.24, 2.45) is 0 Å². The van der Waals surface area contributed by atoms with Gasteiger partial charge in [-0.3, -0.25) is 4.79 Å². The van der Waals surface area contributed by atoms with E-state index in [4.69, 9.17) is 9.15 Å². The molecule has 0 aliphatic rings. The van der Waals surface area contributed by atoms with Crippen molar-refractivity contribution in [2.75, 3.05) is 5.32 Å². The van der Waals surface area contributed by atoms with Crippen LogP contribution in [-0.2, 0) is 0 Å². The molecule has 1 amide bonds. The summed E-state index contributed by atoms with van der Waals surface area (Å²) in [5, 5.41) is 2.69. The third-order valence-corrected chi connectivity index (χ3v) is 2.98. The summed E-state index contributed by atoms with van der Waals surface area (Å²) >= 11 is 0. The van der Waals surface area contributed by atoms with Crippen LogP contribution in [0.3, 0.4) is 0 Å². The molecule has 5 nitrogen and oxygen atoms in total. The van der Waals surface area contributed by atoms with Gasteiger partial charge in [-0.25, -0.2) is 4.98 Å². The van der Waals surface area contributed by atoms with E-state index >= 15 is 0 Å². The average molecular weight is 294 g/mol. The highest BCUT2D eigenvalue weighted by Crippen LogP contribution is 2.21. The first kappa shape index (κ1) is 13.9. The summed E-state index contributed by atoms with van der Waals surface area (Å²) in [7, 11) is 0. The van der Waals surface area contributed by atoms with Crippen molar-refractivity contribution in [3.63, 3.8) is 0 Å². The van der Waals surface area contributed by atoms with Crippen molar-refractivity contribution in [2.45, 2.75) is 6.92 Å². The Balaban J connectivity index is 1.65. The van der Waals surface area contributed by atoms with E-state index in [-0.39, 0.29) is 11.7 Å². The molecular formula is C17H14N2O3. The number of carbonyl (C=O) groups excluding carboxylic acids is 1. The number of nitrogens with one attached hydrogen (secondary N) is 1. The van der Waals surface area contributed by atoms with Gasteiger partial charge in [-0.2, -0.15) is 0 Å². The molecule has 5 heteroatoms. The molecule has 1 aromatic carbocycles. The van der Waals surface area contributed by atoms with Crippen LogP contribution in [0.25, 0.3) is 0 Å². The molecule has 0 bridgehead atoms. The van der Waals surface area contributed by atoms with Crippen LogP contribution in [0.1, 0.15) is 16.1 Å². The number of anilines is 1. The van der Waals surface area contributed by atoms with Gasteiger partial charge >= 0.3 is 0 Å². The van der Waals surface area contributed by atoms with Crippen molar-refractivity contribution in [3.8, 4) is 11.6 Å². The first-order valence-electron chi connectivity index (χ1n) is 6.76. The first-order chi connectivity index (χ1) is 10.7. The molecule has 0 fully saturated rings. The number of aryl methyl sites for hydroxylation is 1.